The number of aryl methyl sites for hydroxylation is 2. The molecule has 1 amide bonds. The fourth-order valence-corrected chi connectivity index (χ4v) is 2.30. The van der Waals surface area contributed by atoms with Crippen molar-refractivity contribution in [2.24, 2.45) is 5.92 Å². The van der Waals surface area contributed by atoms with E-state index in [2.05, 4.69) is 15.5 Å². The molecule has 0 fully saturated rings. The molecule has 2 atom stereocenters. The Morgan fingerprint density at radius 1 is 1.48 bits per heavy atom. The van der Waals surface area contributed by atoms with Crippen LogP contribution in [-0.2, 0) is 0 Å². The summed E-state index contributed by atoms with van der Waals surface area (Å²) < 4.78 is 5.13. The molecule has 6 heteroatoms. The average molecular weight is 291 g/mol. The number of rotatable bonds is 5. The van der Waals surface area contributed by atoms with Crippen LogP contribution in [0.15, 0.2) is 10.6 Å². The second-order valence-electron chi connectivity index (χ2n) is 5.41. The Balaban J connectivity index is 2.37. The molecule has 0 aliphatic rings. The van der Waals surface area contributed by atoms with E-state index in [0.717, 1.165) is 6.42 Å². The largest absolute Gasteiger partial charge is 0.394 e. The molecule has 0 radical (unpaired) electrons. The van der Waals surface area contributed by atoms with Crippen molar-refractivity contribution >= 4 is 17.0 Å². The zero-order chi connectivity index (χ0) is 15.6. The second kappa shape index (κ2) is 6.22. The third kappa shape index (κ3) is 3.05. The van der Waals surface area contributed by atoms with Gasteiger partial charge in [0.05, 0.1) is 29.3 Å². The van der Waals surface area contributed by atoms with Gasteiger partial charge < -0.3 is 14.9 Å². The van der Waals surface area contributed by atoms with Crippen molar-refractivity contribution < 1.29 is 14.4 Å². The molecule has 0 saturated carbocycles. The Hall–Kier alpha value is -1.95. The van der Waals surface area contributed by atoms with Crippen molar-refractivity contribution in [2.75, 3.05) is 6.61 Å². The van der Waals surface area contributed by atoms with Crippen molar-refractivity contribution in [2.45, 2.75) is 40.2 Å². The lowest BCUT2D eigenvalue weighted by molar-refractivity contribution is 0.0893. The van der Waals surface area contributed by atoms with E-state index in [1.807, 2.05) is 13.8 Å². The van der Waals surface area contributed by atoms with E-state index in [9.17, 15) is 9.90 Å². The molecule has 0 aromatic carbocycles. The van der Waals surface area contributed by atoms with E-state index in [1.165, 1.54) is 0 Å². The third-order valence-corrected chi connectivity index (χ3v) is 3.83. The number of nitrogens with zero attached hydrogens (tertiary/aromatic N) is 2. The maximum Gasteiger partial charge on any atom is 0.258 e. The Morgan fingerprint density at radius 2 is 2.19 bits per heavy atom. The summed E-state index contributed by atoms with van der Waals surface area (Å²) in [4.78, 5) is 16.8. The summed E-state index contributed by atoms with van der Waals surface area (Å²) in [6.45, 7) is 7.51. The zero-order valence-electron chi connectivity index (χ0n) is 12.8. The molecule has 2 heterocycles. The smallest absolute Gasteiger partial charge is 0.258 e. The van der Waals surface area contributed by atoms with E-state index in [4.69, 9.17) is 4.52 Å². The van der Waals surface area contributed by atoms with Gasteiger partial charge in [-0.05, 0) is 25.8 Å². The highest BCUT2D eigenvalue weighted by atomic mass is 16.5. The minimum Gasteiger partial charge on any atom is -0.394 e. The molecule has 2 aromatic heterocycles. The number of nitrogens with one attached hydrogen (secondary N) is 1. The Labute approximate surface area is 123 Å². The number of amides is 1. The fourth-order valence-electron chi connectivity index (χ4n) is 2.30. The normalized spacial score (nSPS) is 14.1. The summed E-state index contributed by atoms with van der Waals surface area (Å²) in [7, 11) is 0. The lowest BCUT2D eigenvalue weighted by Gasteiger charge is -2.22. The van der Waals surface area contributed by atoms with Crippen LogP contribution >= 0.6 is 0 Å². The first-order valence-electron chi connectivity index (χ1n) is 7.13. The maximum absolute atomic E-state index is 12.5. The van der Waals surface area contributed by atoms with Crippen molar-refractivity contribution in [3.63, 3.8) is 0 Å². The lowest BCUT2D eigenvalue weighted by atomic mass is 9.99. The molecular formula is C15H21N3O3. The zero-order valence-corrected chi connectivity index (χ0v) is 12.8. The molecule has 0 aliphatic carbocycles. The van der Waals surface area contributed by atoms with E-state index in [-0.39, 0.29) is 24.5 Å². The molecule has 0 saturated heterocycles. The predicted molar refractivity (Wildman–Crippen MR) is 79.1 cm³/mol. The molecule has 21 heavy (non-hydrogen) atoms. The van der Waals surface area contributed by atoms with Gasteiger partial charge in [0, 0.05) is 5.69 Å². The molecule has 0 aliphatic heterocycles. The lowest BCUT2D eigenvalue weighted by Crippen LogP contribution is -2.42. The quantitative estimate of drug-likeness (QED) is 0.879. The molecule has 0 unspecified atom stereocenters. The van der Waals surface area contributed by atoms with E-state index >= 15 is 0 Å². The van der Waals surface area contributed by atoms with Gasteiger partial charge in [-0.1, -0.05) is 25.4 Å². The minimum atomic E-state index is -0.272. The summed E-state index contributed by atoms with van der Waals surface area (Å²) in [6, 6.07) is 1.44. The summed E-state index contributed by atoms with van der Waals surface area (Å²) in [5.41, 5.74) is 2.17. The van der Waals surface area contributed by atoms with Crippen LogP contribution in [0.5, 0.6) is 0 Å². The molecule has 2 N–H and O–H groups in total. The number of aromatic nitrogens is 2. The van der Waals surface area contributed by atoms with Crippen LogP contribution in [0.1, 0.15) is 42.0 Å². The molecular weight excluding hydrogens is 270 g/mol. The van der Waals surface area contributed by atoms with Gasteiger partial charge in [0.15, 0.2) is 0 Å². The number of hydrogen-bond donors (Lipinski definition) is 2. The van der Waals surface area contributed by atoms with Crippen LogP contribution in [0.3, 0.4) is 0 Å². The van der Waals surface area contributed by atoms with Gasteiger partial charge in [-0.2, -0.15) is 0 Å². The second-order valence-corrected chi connectivity index (χ2v) is 5.41. The summed E-state index contributed by atoms with van der Waals surface area (Å²) in [6.07, 6.45) is 0.878. The topological polar surface area (TPSA) is 88.2 Å². The average Bonchev–Trinajstić information content (AvgIpc) is 2.84. The first-order valence-corrected chi connectivity index (χ1v) is 7.13. The number of carbonyl (C=O) groups is 1. The van der Waals surface area contributed by atoms with Crippen molar-refractivity contribution in [1.29, 1.82) is 0 Å². The number of carbonyl (C=O) groups excluding carboxylic acids is 1. The van der Waals surface area contributed by atoms with Gasteiger partial charge in [-0.25, -0.2) is 4.98 Å². The highest BCUT2D eigenvalue weighted by Gasteiger charge is 2.22. The first-order chi connectivity index (χ1) is 9.97. The van der Waals surface area contributed by atoms with Crippen molar-refractivity contribution in [1.82, 2.24) is 15.5 Å². The van der Waals surface area contributed by atoms with Gasteiger partial charge in [0.25, 0.3) is 11.6 Å². The molecule has 2 aromatic rings. The molecule has 0 spiro atoms. The highest BCUT2D eigenvalue weighted by Crippen LogP contribution is 2.22. The fraction of sp³-hybridized carbons (Fsp3) is 0.533. The van der Waals surface area contributed by atoms with Crippen LogP contribution in [-0.4, -0.2) is 33.8 Å². The van der Waals surface area contributed by atoms with Crippen LogP contribution in [0.4, 0.5) is 0 Å². The van der Waals surface area contributed by atoms with Crippen LogP contribution in [0, 0.1) is 19.8 Å². The SMILES string of the molecule is CC[C@H](C)[C@H](CO)NC(=O)c1cc(C)nc2onc(C)c12. The molecule has 0 bridgehead atoms. The van der Waals surface area contributed by atoms with Crippen molar-refractivity contribution in [3.05, 3.63) is 23.0 Å². The predicted octanol–water partition coefficient (Wildman–Crippen LogP) is 1.98. The highest BCUT2D eigenvalue weighted by molar-refractivity contribution is 6.06. The summed E-state index contributed by atoms with van der Waals surface area (Å²) in [5, 5.41) is 16.8. The number of fused-ring (bicyclic) bond motifs is 1. The minimum absolute atomic E-state index is 0.0867. The molecule has 2 rings (SSSR count). The Morgan fingerprint density at radius 3 is 2.81 bits per heavy atom. The van der Waals surface area contributed by atoms with Gasteiger partial charge in [-0.3, -0.25) is 4.79 Å². The number of aliphatic hydroxyl groups is 1. The van der Waals surface area contributed by atoms with Crippen LogP contribution in [0.2, 0.25) is 0 Å². The standard InChI is InChI=1S/C15H21N3O3/c1-5-8(2)12(7-19)17-14(20)11-6-9(3)16-15-13(11)10(4)18-21-15/h6,8,12,19H,5,7H2,1-4H3,(H,17,20)/t8-,12-/m0/s1. The molecule has 114 valence electrons. The number of pyridine rings is 1. The summed E-state index contributed by atoms with van der Waals surface area (Å²) in [5.74, 6) is -0.0444. The van der Waals surface area contributed by atoms with E-state index in [0.29, 0.717) is 28.1 Å². The number of aliphatic hydroxyl groups excluding tert-OH is 1. The first kappa shape index (κ1) is 15.4. The number of hydrogen-bond acceptors (Lipinski definition) is 5. The van der Waals surface area contributed by atoms with E-state index < -0.39 is 0 Å². The molecule has 6 nitrogen and oxygen atoms in total. The van der Waals surface area contributed by atoms with Crippen LogP contribution < -0.4 is 5.32 Å². The Bertz CT molecular complexity index is 651. The monoisotopic (exact) mass is 291 g/mol. The van der Waals surface area contributed by atoms with E-state index in [1.54, 1.807) is 19.9 Å². The van der Waals surface area contributed by atoms with Gasteiger partial charge in [0.2, 0.25) is 0 Å². The van der Waals surface area contributed by atoms with Crippen LogP contribution in [0.25, 0.3) is 11.1 Å². The Kier molecular flexibility index (Phi) is 4.57. The van der Waals surface area contributed by atoms with Gasteiger partial charge in [0.1, 0.15) is 0 Å². The van der Waals surface area contributed by atoms with Gasteiger partial charge in [-0.15, -0.1) is 0 Å². The van der Waals surface area contributed by atoms with Gasteiger partial charge >= 0.3 is 0 Å². The third-order valence-electron chi connectivity index (χ3n) is 3.83. The maximum atomic E-state index is 12.5. The summed E-state index contributed by atoms with van der Waals surface area (Å²) >= 11 is 0. The van der Waals surface area contributed by atoms with Crippen molar-refractivity contribution in [3.8, 4) is 0 Å².